The number of rotatable bonds is 5. The number of sulfone groups is 1. The maximum atomic E-state index is 12.4. The average molecular weight is 349 g/mol. The van der Waals surface area contributed by atoms with Gasteiger partial charge in [-0.3, -0.25) is 4.79 Å². The van der Waals surface area contributed by atoms with Crippen molar-refractivity contribution in [2.45, 2.75) is 24.8 Å². The second-order valence-electron chi connectivity index (χ2n) is 5.34. The molecule has 1 aromatic rings. The van der Waals surface area contributed by atoms with Crippen LogP contribution < -0.4 is 0 Å². The van der Waals surface area contributed by atoms with Gasteiger partial charge in [-0.05, 0) is 31.9 Å². The van der Waals surface area contributed by atoms with E-state index in [9.17, 15) is 18.5 Å². The summed E-state index contributed by atoms with van der Waals surface area (Å²) in [6.07, 6.45) is 3.84. The molecule has 0 aromatic carbocycles. The van der Waals surface area contributed by atoms with Crippen LogP contribution in [0.1, 0.15) is 19.8 Å². The fourth-order valence-corrected chi connectivity index (χ4v) is 3.56. The zero-order valence-electron chi connectivity index (χ0n) is 13.4. The Bertz CT molecular complexity index is 745. The summed E-state index contributed by atoms with van der Waals surface area (Å²) < 4.78 is 29.9. The van der Waals surface area contributed by atoms with Crippen LogP contribution in [0.4, 0.5) is 0 Å². The third-order valence-electron chi connectivity index (χ3n) is 3.76. The molecular weight excluding hydrogens is 330 g/mol. The number of carbonyl (C=O) groups excluding carboxylic acids is 1. The molecule has 1 saturated heterocycles. The molecule has 0 radical (unpaired) electrons. The van der Waals surface area contributed by atoms with Crippen molar-refractivity contribution < 1.29 is 17.9 Å². The van der Waals surface area contributed by atoms with E-state index in [1.165, 1.54) is 18.5 Å². The van der Waals surface area contributed by atoms with Gasteiger partial charge in [0.1, 0.15) is 6.07 Å². The van der Waals surface area contributed by atoms with Crippen LogP contribution in [0.2, 0.25) is 0 Å². The summed E-state index contributed by atoms with van der Waals surface area (Å²) in [5.74, 6) is -0.393. The Morgan fingerprint density at radius 1 is 1.46 bits per heavy atom. The average Bonchev–Trinajstić information content (AvgIpc) is 2.61. The normalized spacial score (nSPS) is 16.5. The molecular formula is C16H19N3O4S. The van der Waals surface area contributed by atoms with Crippen LogP contribution in [-0.2, 0) is 19.4 Å². The van der Waals surface area contributed by atoms with Crippen molar-refractivity contribution in [3.63, 3.8) is 0 Å². The highest BCUT2D eigenvalue weighted by Crippen LogP contribution is 2.22. The molecule has 8 heteroatoms. The Labute approximate surface area is 141 Å². The van der Waals surface area contributed by atoms with Gasteiger partial charge in [0.05, 0.1) is 12.5 Å². The largest absolute Gasteiger partial charge is 0.466 e. The lowest BCUT2D eigenvalue weighted by Gasteiger charge is -2.29. The van der Waals surface area contributed by atoms with Crippen LogP contribution in [0.3, 0.4) is 0 Å². The molecule has 2 heterocycles. The number of nitrogens with zero attached hydrogens (tertiary/aromatic N) is 3. The van der Waals surface area contributed by atoms with Crippen LogP contribution >= 0.6 is 0 Å². The van der Waals surface area contributed by atoms with E-state index in [1.54, 1.807) is 30.0 Å². The van der Waals surface area contributed by atoms with Crippen LogP contribution in [0, 0.1) is 17.2 Å². The number of ether oxygens (including phenoxy) is 1. The van der Waals surface area contributed by atoms with E-state index in [0.717, 1.165) is 0 Å². The number of piperidine rings is 1. The second-order valence-corrected chi connectivity index (χ2v) is 7.20. The molecule has 0 atom stereocenters. The monoisotopic (exact) mass is 349 g/mol. The van der Waals surface area contributed by atoms with E-state index in [0.29, 0.717) is 32.5 Å². The maximum Gasteiger partial charge on any atom is 0.309 e. The third kappa shape index (κ3) is 4.11. The van der Waals surface area contributed by atoms with Gasteiger partial charge in [0.2, 0.25) is 9.84 Å². The number of allylic oxidation sites excluding steroid dienone is 1. The van der Waals surface area contributed by atoms with Gasteiger partial charge in [0, 0.05) is 25.5 Å². The zero-order chi connectivity index (χ0) is 17.6. The highest BCUT2D eigenvalue weighted by atomic mass is 32.2. The van der Waals surface area contributed by atoms with Gasteiger partial charge in [-0.2, -0.15) is 5.26 Å². The predicted octanol–water partition coefficient (Wildman–Crippen LogP) is 1.50. The summed E-state index contributed by atoms with van der Waals surface area (Å²) in [5, 5.41) is 9.08. The van der Waals surface area contributed by atoms with Crippen molar-refractivity contribution in [1.29, 1.82) is 5.26 Å². The number of hydrogen-bond acceptors (Lipinski definition) is 7. The molecule has 1 aliphatic heterocycles. The SMILES string of the molecule is CCOC(=O)C1CCN(C=C(C#N)S(=O)(=O)c2ccccn2)CC1. The number of nitriles is 1. The van der Waals surface area contributed by atoms with Gasteiger partial charge < -0.3 is 9.64 Å². The Morgan fingerprint density at radius 3 is 2.71 bits per heavy atom. The molecule has 0 amide bonds. The quantitative estimate of drug-likeness (QED) is 0.586. The summed E-state index contributed by atoms with van der Waals surface area (Å²) in [4.78, 5) is 16.9. The molecule has 0 aliphatic carbocycles. The minimum Gasteiger partial charge on any atom is -0.466 e. The number of hydrogen-bond donors (Lipinski definition) is 0. The minimum absolute atomic E-state index is 0.154. The highest BCUT2D eigenvalue weighted by molar-refractivity contribution is 7.95. The lowest BCUT2D eigenvalue weighted by atomic mass is 9.97. The first kappa shape index (κ1) is 17.9. The Balaban J connectivity index is 2.10. The lowest BCUT2D eigenvalue weighted by Crippen LogP contribution is -2.34. The summed E-state index contributed by atoms with van der Waals surface area (Å²) in [5.41, 5.74) is 0. The number of esters is 1. The predicted molar refractivity (Wildman–Crippen MR) is 86.0 cm³/mol. The summed E-state index contributed by atoms with van der Waals surface area (Å²) in [7, 11) is -3.93. The second kappa shape index (κ2) is 7.93. The molecule has 0 saturated carbocycles. The van der Waals surface area contributed by atoms with Gasteiger partial charge in [-0.15, -0.1) is 0 Å². The molecule has 0 spiro atoms. The van der Waals surface area contributed by atoms with Gasteiger partial charge in [0.15, 0.2) is 9.93 Å². The van der Waals surface area contributed by atoms with Gasteiger partial charge in [0.25, 0.3) is 0 Å². The summed E-state index contributed by atoms with van der Waals surface area (Å²) in [6, 6.07) is 6.26. The number of pyridine rings is 1. The maximum absolute atomic E-state index is 12.4. The Morgan fingerprint density at radius 2 is 2.17 bits per heavy atom. The first-order valence-corrected chi connectivity index (χ1v) is 9.16. The van der Waals surface area contributed by atoms with Crippen LogP contribution in [-0.4, -0.2) is 44.0 Å². The first-order chi connectivity index (χ1) is 11.5. The summed E-state index contributed by atoms with van der Waals surface area (Å²) in [6.45, 7) is 3.09. The van der Waals surface area contributed by atoms with Crippen LogP contribution in [0.5, 0.6) is 0 Å². The molecule has 0 N–H and O–H groups in total. The highest BCUT2D eigenvalue weighted by Gasteiger charge is 2.27. The lowest BCUT2D eigenvalue weighted by molar-refractivity contribution is -0.149. The zero-order valence-corrected chi connectivity index (χ0v) is 14.2. The molecule has 0 unspecified atom stereocenters. The molecule has 1 fully saturated rings. The molecule has 0 bridgehead atoms. The molecule has 24 heavy (non-hydrogen) atoms. The Kier molecular flexibility index (Phi) is 5.93. The minimum atomic E-state index is -3.93. The van der Waals surface area contributed by atoms with E-state index >= 15 is 0 Å². The standard InChI is InChI=1S/C16H19N3O4S/c1-2-23-16(20)13-6-9-19(10-7-13)12-14(11-17)24(21,22)15-5-3-4-8-18-15/h3-5,8,12-13H,2,6-7,9-10H2,1H3. The van der Waals surface area contributed by atoms with E-state index in [1.807, 2.05) is 0 Å². The Hall–Kier alpha value is -2.40. The van der Waals surface area contributed by atoms with E-state index in [4.69, 9.17) is 4.74 Å². The third-order valence-corrected chi connectivity index (χ3v) is 5.33. The van der Waals surface area contributed by atoms with Gasteiger partial charge >= 0.3 is 5.97 Å². The smallest absolute Gasteiger partial charge is 0.309 e. The first-order valence-electron chi connectivity index (χ1n) is 7.67. The fourth-order valence-electron chi connectivity index (χ4n) is 2.47. The number of aromatic nitrogens is 1. The summed E-state index contributed by atoms with van der Waals surface area (Å²) >= 11 is 0. The van der Waals surface area contributed by atoms with Crippen molar-refractivity contribution in [1.82, 2.24) is 9.88 Å². The van der Waals surface area contributed by atoms with Gasteiger partial charge in [-0.25, -0.2) is 13.4 Å². The van der Waals surface area contributed by atoms with Crippen molar-refractivity contribution >= 4 is 15.8 Å². The molecule has 2 rings (SSSR count). The van der Waals surface area contributed by atoms with Gasteiger partial charge in [-0.1, -0.05) is 6.07 Å². The van der Waals surface area contributed by atoms with Crippen molar-refractivity contribution in [3.05, 3.63) is 35.5 Å². The van der Waals surface area contributed by atoms with E-state index in [-0.39, 0.29) is 21.8 Å². The van der Waals surface area contributed by atoms with E-state index < -0.39 is 9.84 Å². The van der Waals surface area contributed by atoms with Crippen LogP contribution in [0.25, 0.3) is 0 Å². The van der Waals surface area contributed by atoms with Crippen molar-refractivity contribution in [2.24, 2.45) is 5.92 Å². The van der Waals surface area contributed by atoms with Crippen molar-refractivity contribution in [2.75, 3.05) is 19.7 Å². The number of likely N-dealkylation sites (tertiary alicyclic amines) is 1. The molecule has 128 valence electrons. The number of carbonyl (C=O) groups is 1. The molecule has 1 aromatic heterocycles. The molecule has 7 nitrogen and oxygen atoms in total. The van der Waals surface area contributed by atoms with Crippen LogP contribution in [0.15, 0.2) is 40.5 Å². The topological polar surface area (TPSA) is 100 Å². The van der Waals surface area contributed by atoms with Crippen molar-refractivity contribution in [3.8, 4) is 6.07 Å². The van der Waals surface area contributed by atoms with E-state index in [2.05, 4.69) is 4.98 Å². The molecule has 1 aliphatic rings. The fraction of sp³-hybridized carbons (Fsp3) is 0.438.